The molecular formula is C18H25IN4O3. The van der Waals surface area contributed by atoms with Crippen molar-refractivity contribution < 1.29 is 13.9 Å². The number of amides is 1. The number of hydrogen-bond donors (Lipinski definition) is 3. The molecule has 2 rings (SSSR count). The van der Waals surface area contributed by atoms with Gasteiger partial charge in [-0.25, -0.2) is 4.99 Å². The maximum Gasteiger partial charge on any atom is 0.255 e. The van der Waals surface area contributed by atoms with E-state index in [1.807, 2.05) is 37.3 Å². The number of aliphatic imine (C=N–C) groups is 1. The summed E-state index contributed by atoms with van der Waals surface area (Å²) < 4.78 is 10.6. The second-order valence-electron chi connectivity index (χ2n) is 5.35. The molecule has 0 saturated carbocycles. The Bertz CT molecular complexity index is 690. The molecule has 7 nitrogen and oxygen atoms in total. The van der Waals surface area contributed by atoms with Crippen LogP contribution in [0.3, 0.4) is 0 Å². The Morgan fingerprint density at radius 3 is 2.81 bits per heavy atom. The van der Waals surface area contributed by atoms with Crippen LogP contribution in [0, 0.1) is 0 Å². The highest BCUT2D eigenvalue weighted by molar-refractivity contribution is 14.0. The SMILES string of the molecule is CCNC(=NCc1cccc(OCC(N)=O)c1)NCCc1ccco1.I. The highest BCUT2D eigenvalue weighted by atomic mass is 127. The van der Waals surface area contributed by atoms with Crippen molar-refractivity contribution >= 4 is 35.8 Å². The molecule has 0 unspecified atom stereocenters. The maximum atomic E-state index is 10.8. The van der Waals surface area contributed by atoms with E-state index < -0.39 is 5.91 Å². The second-order valence-corrected chi connectivity index (χ2v) is 5.35. The fourth-order valence-corrected chi connectivity index (χ4v) is 2.16. The number of hydrogen-bond acceptors (Lipinski definition) is 4. The summed E-state index contributed by atoms with van der Waals surface area (Å²) in [5.41, 5.74) is 6.06. The largest absolute Gasteiger partial charge is 0.484 e. The fraction of sp³-hybridized carbons (Fsp3) is 0.333. The smallest absolute Gasteiger partial charge is 0.255 e. The Morgan fingerprint density at radius 2 is 2.12 bits per heavy atom. The van der Waals surface area contributed by atoms with Gasteiger partial charge in [0.1, 0.15) is 11.5 Å². The van der Waals surface area contributed by atoms with Crippen molar-refractivity contribution in [2.24, 2.45) is 10.7 Å². The number of rotatable bonds is 9. The summed E-state index contributed by atoms with van der Waals surface area (Å²) in [4.78, 5) is 15.3. The quantitative estimate of drug-likeness (QED) is 0.295. The number of ether oxygens (including phenoxy) is 1. The van der Waals surface area contributed by atoms with Gasteiger partial charge in [0.2, 0.25) is 0 Å². The first-order valence-corrected chi connectivity index (χ1v) is 8.22. The van der Waals surface area contributed by atoms with Crippen molar-refractivity contribution in [2.75, 3.05) is 19.7 Å². The lowest BCUT2D eigenvalue weighted by molar-refractivity contribution is -0.119. The van der Waals surface area contributed by atoms with Crippen LogP contribution in [-0.2, 0) is 17.8 Å². The Balaban J connectivity index is 0.00000338. The van der Waals surface area contributed by atoms with Crippen LogP contribution >= 0.6 is 24.0 Å². The van der Waals surface area contributed by atoms with E-state index in [2.05, 4.69) is 15.6 Å². The van der Waals surface area contributed by atoms with Crippen LogP contribution in [0.4, 0.5) is 0 Å². The van der Waals surface area contributed by atoms with Gasteiger partial charge in [-0.3, -0.25) is 4.79 Å². The highest BCUT2D eigenvalue weighted by Crippen LogP contribution is 2.14. The van der Waals surface area contributed by atoms with Crippen molar-refractivity contribution in [2.45, 2.75) is 19.9 Å². The standard InChI is InChI=1S/C18H24N4O3.HI/c1-2-20-18(21-9-8-15-7-4-10-24-15)22-12-14-5-3-6-16(11-14)25-13-17(19)23;/h3-7,10-11H,2,8-9,12-13H2,1H3,(H2,19,23)(H2,20,21,22);1H. The molecule has 1 heterocycles. The lowest BCUT2D eigenvalue weighted by Gasteiger charge is -2.11. The second kappa shape index (κ2) is 12.2. The summed E-state index contributed by atoms with van der Waals surface area (Å²) in [6.07, 6.45) is 2.45. The number of nitrogens with one attached hydrogen (secondary N) is 2. The number of nitrogens with two attached hydrogens (primary N) is 1. The minimum absolute atomic E-state index is 0. The number of benzene rings is 1. The van der Waals surface area contributed by atoms with E-state index in [-0.39, 0.29) is 30.6 Å². The van der Waals surface area contributed by atoms with Gasteiger partial charge in [0.05, 0.1) is 12.8 Å². The average molecular weight is 472 g/mol. The first-order chi connectivity index (χ1) is 12.2. The molecule has 1 aromatic carbocycles. The van der Waals surface area contributed by atoms with Crippen LogP contribution in [0.2, 0.25) is 0 Å². The molecule has 142 valence electrons. The van der Waals surface area contributed by atoms with Crippen molar-refractivity contribution in [1.29, 1.82) is 0 Å². The van der Waals surface area contributed by atoms with Crippen LogP contribution in [-0.4, -0.2) is 31.6 Å². The summed E-state index contributed by atoms with van der Waals surface area (Å²) in [5.74, 6) is 1.76. The van der Waals surface area contributed by atoms with Crippen LogP contribution in [0.5, 0.6) is 5.75 Å². The minimum Gasteiger partial charge on any atom is -0.484 e. The monoisotopic (exact) mass is 472 g/mol. The lowest BCUT2D eigenvalue weighted by Crippen LogP contribution is -2.38. The molecule has 8 heteroatoms. The van der Waals surface area contributed by atoms with Gasteiger partial charge < -0.3 is 25.5 Å². The highest BCUT2D eigenvalue weighted by Gasteiger charge is 2.02. The van der Waals surface area contributed by atoms with Gasteiger partial charge in [0.25, 0.3) is 5.91 Å². The Morgan fingerprint density at radius 1 is 1.27 bits per heavy atom. The van der Waals surface area contributed by atoms with Crippen LogP contribution in [0.25, 0.3) is 0 Å². The number of primary amides is 1. The normalized spacial score (nSPS) is 10.7. The van der Waals surface area contributed by atoms with Crippen LogP contribution in [0.1, 0.15) is 18.2 Å². The molecule has 1 amide bonds. The molecule has 4 N–H and O–H groups in total. The maximum absolute atomic E-state index is 10.8. The number of nitrogens with zero attached hydrogens (tertiary/aromatic N) is 1. The molecule has 0 saturated heterocycles. The first-order valence-electron chi connectivity index (χ1n) is 8.22. The van der Waals surface area contributed by atoms with Gasteiger partial charge in [-0.05, 0) is 36.8 Å². The summed E-state index contributed by atoms with van der Waals surface area (Å²) >= 11 is 0. The molecule has 0 aliphatic heterocycles. The zero-order chi connectivity index (χ0) is 17.9. The zero-order valence-corrected chi connectivity index (χ0v) is 17.1. The number of furan rings is 1. The van der Waals surface area contributed by atoms with E-state index in [0.717, 1.165) is 36.8 Å². The summed E-state index contributed by atoms with van der Waals surface area (Å²) in [5, 5.41) is 6.47. The summed E-state index contributed by atoms with van der Waals surface area (Å²) in [6.45, 7) is 3.87. The van der Waals surface area contributed by atoms with E-state index in [9.17, 15) is 4.79 Å². The molecule has 0 atom stereocenters. The van der Waals surface area contributed by atoms with Crippen molar-refractivity contribution in [3.8, 4) is 5.75 Å². The number of carbonyl (C=O) groups excluding carboxylic acids is 1. The molecule has 26 heavy (non-hydrogen) atoms. The average Bonchev–Trinajstić information content (AvgIpc) is 3.12. The first kappa shape index (κ1) is 21.8. The molecule has 0 fully saturated rings. The third-order valence-electron chi connectivity index (χ3n) is 3.29. The Hall–Kier alpha value is -2.23. The van der Waals surface area contributed by atoms with Gasteiger partial charge in [-0.1, -0.05) is 12.1 Å². The van der Waals surface area contributed by atoms with Crippen molar-refractivity contribution in [1.82, 2.24) is 10.6 Å². The number of carbonyl (C=O) groups is 1. The van der Waals surface area contributed by atoms with Crippen molar-refractivity contribution in [3.63, 3.8) is 0 Å². The third kappa shape index (κ3) is 8.24. The van der Waals surface area contributed by atoms with E-state index in [1.54, 1.807) is 12.3 Å². The van der Waals surface area contributed by atoms with Crippen LogP contribution < -0.4 is 21.1 Å². The lowest BCUT2D eigenvalue weighted by atomic mass is 10.2. The molecule has 0 aliphatic rings. The summed E-state index contributed by atoms with van der Waals surface area (Å²) in [7, 11) is 0. The molecule has 2 aromatic rings. The third-order valence-corrected chi connectivity index (χ3v) is 3.29. The molecule has 0 spiro atoms. The molecular weight excluding hydrogens is 447 g/mol. The predicted molar refractivity (Wildman–Crippen MR) is 112 cm³/mol. The molecule has 0 radical (unpaired) electrons. The van der Waals surface area contributed by atoms with E-state index >= 15 is 0 Å². The topological polar surface area (TPSA) is 102 Å². The number of halogens is 1. The van der Waals surface area contributed by atoms with Gasteiger partial charge in [-0.15, -0.1) is 24.0 Å². The predicted octanol–water partition coefficient (Wildman–Crippen LogP) is 2.06. The zero-order valence-electron chi connectivity index (χ0n) is 14.7. The molecule has 0 bridgehead atoms. The van der Waals surface area contributed by atoms with E-state index in [4.69, 9.17) is 14.9 Å². The van der Waals surface area contributed by atoms with Gasteiger partial charge in [0.15, 0.2) is 12.6 Å². The minimum atomic E-state index is -0.501. The Labute approximate surface area is 170 Å². The van der Waals surface area contributed by atoms with Gasteiger partial charge >= 0.3 is 0 Å². The van der Waals surface area contributed by atoms with E-state index in [0.29, 0.717) is 12.3 Å². The fourth-order valence-electron chi connectivity index (χ4n) is 2.16. The molecule has 0 aliphatic carbocycles. The molecule has 1 aromatic heterocycles. The Kier molecular flexibility index (Phi) is 10.2. The van der Waals surface area contributed by atoms with Gasteiger partial charge in [0, 0.05) is 19.5 Å². The number of guanidine groups is 1. The van der Waals surface area contributed by atoms with Gasteiger partial charge in [-0.2, -0.15) is 0 Å². The van der Waals surface area contributed by atoms with Crippen molar-refractivity contribution in [3.05, 3.63) is 54.0 Å². The van der Waals surface area contributed by atoms with Crippen LogP contribution in [0.15, 0.2) is 52.1 Å². The van der Waals surface area contributed by atoms with E-state index in [1.165, 1.54) is 0 Å². The summed E-state index contributed by atoms with van der Waals surface area (Å²) in [6, 6.07) is 11.3.